The molecule has 19 heavy (non-hydrogen) atoms. The fraction of sp³-hybridized carbons (Fsp3) is 0.533. The van der Waals surface area contributed by atoms with Gasteiger partial charge in [0.05, 0.1) is 13.2 Å². The van der Waals surface area contributed by atoms with Crippen LogP contribution in [0.2, 0.25) is 0 Å². The van der Waals surface area contributed by atoms with E-state index in [1.807, 2.05) is 37.3 Å². The van der Waals surface area contributed by atoms with Crippen molar-refractivity contribution in [2.75, 3.05) is 13.7 Å². The maximum absolute atomic E-state index is 11.9. The molecule has 1 saturated carbocycles. The molecular weight excluding hydrogens is 242 g/mol. The molecule has 1 N–H and O–H groups in total. The van der Waals surface area contributed by atoms with Crippen molar-refractivity contribution in [1.82, 2.24) is 5.32 Å². The highest BCUT2D eigenvalue weighted by Crippen LogP contribution is 2.36. The minimum Gasteiger partial charge on any atom is -0.468 e. The molecule has 0 spiro atoms. The molecular formula is C15H21NO3. The van der Waals surface area contributed by atoms with Gasteiger partial charge in [-0.25, -0.2) is 0 Å². The number of hydrogen-bond donors (Lipinski definition) is 1. The molecule has 0 radical (unpaired) electrons. The van der Waals surface area contributed by atoms with E-state index >= 15 is 0 Å². The lowest BCUT2D eigenvalue weighted by atomic mass is 9.74. The molecule has 0 aliphatic heterocycles. The van der Waals surface area contributed by atoms with Crippen LogP contribution in [-0.2, 0) is 20.8 Å². The van der Waals surface area contributed by atoms with Gasteiger partial charge in [-0.05, 0) is 12.5 Å². The second-order valence-corrected chi connectivity index (χ2v) is 4.90. The van der Waals surface area contributed by atoms with Gasteiger partial charge >= 0.3 is 5.97 Å². The molecule has 1 aromatic carbocycles. The average molecular weight is 263 g/mol. The first-order valence-corrected chi connectivity index (χ1v) is 6.69. The predicted octanol–water partition coefficient (Wildman–Crippen LogP) is 1.89. The van der Waals surface area contributed by atoms with Gasteiger partial charge in [-0.2, -0.15) is 0 Å². The minimum atomic E-state index is -0.579. The summed E-state index contributed by atoms with van der Waals surface area (Å²) in [5, 5.41) is 3.33. The summed E-state index contributed by atoms with van der Waals surface area (Å²) in [6, 6.07) is 10.0. The number of carbonyl (C=O) groups is 1. The molecule has 0 aromatic heterocycles. The normalized spacial score (nSPS) is 25.7. The average Bonchev–Trinajstić information content (AvgIpc) is 2.41. The first kappa shape index (κ1) is 14.0. The van der Waals surface area contributed by atoms with E-state index in [1.165, 1.54) is 7.11 Å². The number of hydrogen-bond acceptors (Lipinski definition) is 4. The summed E-state index contributed by atoms with van der Waals surface area (Å²) in [6.07, 6.45) is 1.52. The molecule has 1 aliphatic rings. The Bertz CT molecular complexity index is 413. The molecule has 0 unspecified atom stereocenters. The summed E-state index contributed by atoms with van der Waals surface area (Å²) in [6.45, 7) is 3.31. The van der Waals surface area contributed by atoms with E-state index in [9.17, 15) is 4.79 Å². The lowest BCUT2D eigenvalue weighted by Gasteiger charge is -2.45. The van der Waals surface area contributed by atoms with Crippen molar-refractivity contribution in [3.63, 3.8) is 0 Å². The zero-order chi connectivity index (χ0) is 13.7. The van der Waals surface area contributed by atoms with Gasteiger partial charge in [-0.1, -0.05) is 30.3 Å². The molecule has 2 rings (SSSR count). The number of ether oxygens (including phenoxy) is 2. The Kier molecular flexibility index (Phi) is 4.56. The lowest BCUT2D eigenvalue weighted by molar-refractivity contribution is -0.161. The maximum Gasteiger partial charge on any atom is 0.326 e. The summed E-state index contributed by atoms with van der Waals surface area (Å²) in [7, 11) is 1.43. The van der Waals surface area contributed by atoms with Crippen LogP contribution in [0.4, 0.5) is 0 Å². The number of rotatable bonds is 6. The fourth-order valence-electron chi connectivity index (χ4n) is 2.52. The van der Waals surface area contributed by atoms with Crippen LogP contribution in [0.15, 0.2) is 30.3 Å². The summed E-state index contributed by atoms with van der Waals surface area (Å²) in [5.74, 6) is -0.195. The molecule has 104 valence electrons. The van der Waals surface area contributed by atoms with Crippen molar-refractivity contribution in [1.29, 1.82) is 0 Å². The van der Waals surface area contributed by atoms with Crippen molar-refractivity contribution in [2.24, 2.45) is 0 Å². The van der Waals surface area contributed by atoms with Gasteiger partial charge in [0.15, 0.2) is 0 Å². The van der Waals surface area contributed by atoms with E-state index in [-0.39, 0.29) is 12.1 Å². The fourth-order valence-corrected chi connectivity index (χ4v) is 2.52. The number of carbonyl (C=O) groups excluding carboxylic acids is 1. The second-order valence-electron chi connectivity index (χ2n) is 4.90. The third kappa shape index (κ3) is 3.14. The molecule has 1 aromatic rings. The van der Waals surface area contributed by atoms with Crippen molar-refractivity contribution >= 4 is 5.97 Å². The summed E-state index contributed by atoms with van der Waals surface area (Å²) < 4.78 is 10.4. The molecule has 1 aliphatic carbocycles. The van der Waals surface area contributed by atoms with Gasteiger partial charge in [-0.3, -0.25) is 10.1 Å². The lowest BCUT2D eigenvalue weighted by Crippen LogP contribution is -2.63. The Morgan fingerprint density at radius 3 is 2.63 bits per heavy atom. The summed E-state index contributed by atoms with van der Waals surface area (Å²) in [4.78, 5) is 11.9. The SMILES string of the molecule is CCOC1CC(NCc2ccccc2)(C(=O)OC)C1. The van der Waals surface area contributed by atoms with E-state index in [0.717, 1.165) is 5.56 Å². The first-order valence-electron chi connectivity index (χ1n) is 6.69. The van der Waals surface area contributed by atoms with Crippen LogP contribution < -0.4 is 5.32 Å². The molecule has 0 amide bonds. The first-order chi connectivity index (χ1) is 9.20. The van der Waals surface area contributed by atoms with Crippen molar-refractivity contribution in [3.8, 4) is 0 Å². The minimum absolute atomic E-state index is 0.160. The Morgan fingerprint density at radius 1 is 1.37 bits per heavy atom. The number of methoxy groups -OCH3 is 1. The van der Waals surface area contributed by atoms with Crippen LogP contribution in [0.5, 0.6) is 0 Å². The molecule has 1 fully saturated rings. The molecule has 0 atom stereocenters. The number of nitrogens with one attached hydrogen (secondary N) is 1. The van der Waals surface area contributed by atoms with Gasteiger partial charge < -0.3 is 9.47 Å². The number of benzene rings is 1. The molecule has 0 bridgehead atoms. The standard InChI is InChI=1S/C15H21NO3/c1-3-19-13-9-15(10-13,14(17)18-2)16-11-12-7-5-4-6-8-12/h4-8,13,16H,3,9-11H2,1-2H3. The highest BCUT2D eigenvalue weighted by molar-refractivity contribution is 5.82. The zero-order valence-electron chi connectivity index (χ0n) is 11.5. The van der Waals surface area contributed by atoms with E-state index in [2.05, 4.69) is 5.32 Å². The zero-order valence-corrected chi connectivity index (χ0v) is 11.5. The molecule has 0 heterocycles. The van der Waals surface area contributed by atoms with E-state index in [4.69, 9.17) is 9.47 Å². The predicted molar refractivity (Wildman–Crippen MR) is 72.7 cm³/mol. The van der Waals surface area contributed by atoms with Crippen LogP contribution in [0.3, 0.4) is 0 Å². The van der Waals surface area contributed by atoms with Crippen LogP contribution in [0.25, 0.3) is 0 Å². The Balaban J connectivity index is 1.95. The molecule has 4 heteroatoms. The summed E-state index contributed by atoms with van der Waals surface area (Å²) in [5.41, 5.74) is 0.579. The Hall–Kier alpha value is -1.39. The van der Waals surface area contributed by atoms with Gasteiger partial charge in [0.25, 0.3) is 0 Å². The van der Waals surface area contributed by atoms with Crippen LogP contribution in [0, 0.1) is 0 Å². The van der Waals surface area contributed by atoms with E-state index < -0.39 is 5.54 Å². The smallest absolute Gasteiger partial charge is 0.326 e. The highest BCUT2D eigenvalue weighted by atomic mass is 16.5. The van der Waals surface area contributed by atoms with Crippen LogP contribution in [0.1, 0.15) is 25.3 Å². The molecule has 4 nitrogen and oxygen atoms in total. The van der Waals surface area contributed by atoms with Crippen molar-refractivity contribution in [2.45, 2.75) is 38.0 Å². The Morgan fingerprint density at radius 2 is 2.05 bits per heavy atom. The largest absolute Gasteiger partial charge is 0.468 e. The van der Waals surface area contributed by atoms with Crippen LogP contribution in [-0.4, -0.2) is 31.3 Å². The van der Waals surface area contributed by atoms with Crippen molar-refractivity contribution < 1.29 is 14.3 Å². The quantitative estimate of drug-likeness (QED) is 0.796. The van der Waals surface area contributed by atoms with E-state index in [1.54, 1.807) is 0 Å². The van der Waals surface area contributed by atoms with Gasteiger partial charge in [0.2, 0.25) is 0 Å². The molecule has 0 saturated heterocycles. The van der Waals surface area contributed by atoms with Crippen LogP contribution >= 0.6 is 0 Å². The van der Waals surface area contributed by atoms with Gasteiger partial charge in [-0.15, -0.1) is 0 Å². The maximum atomic E-state index is 11.9. The summed E-state index contributed by atoms with van der Waals surface area (Å²) >= 11 is 0. The number of esters is 1. The topological polar surface area (TPSA) is 47.6 Å². The van der Waals surface area contributed by atoms with E-state index in [0.29, 0.717) is 26.0 Å². The monoisotopic (exact) mass is 263 g/mol. The van der Waals surface area contributed by atoms with Crippen molar-refractivity contribution in [3.05, 3.63) is 35.9 Å². The highest BCUT2D eigenvalue weighted by Gasteiger charge is 2.51. The van der Waals surface area contributed by atoms with Gasteiger partial charge in [0, 0.05) is 26.0 Å². The second kappa shape index (κ2) is 6.17. The third-order valence-electron chi connectivity index (χ3n) is 3.60. The van der Waals surface area contributed by atoms with Gasteiger partial charge in [0.1, 0.15) is 5.54 Å². The third-order valence-corrected chi connectivity index (χ3v) is 3.60. The Labute approximate surface area is 114 Å².